The van der Waals surface area contributed by atoms with Crippen LogP contribution in [-0.2, 0) is 10.8 Å². The van der Waals surface area contributed by atoms with Gasteiger partial charge in [-0.15, -0.1) is 10.2 Å². The zero-order chi connectivity index (χ0) is 12.8. The van der Waals surface area contributed by atoms with Crippen LogP contribution >= 0.6 is 0 Å². The van der Waals surface area contributed by atoms with Gasteiger partial charge >= 0.3 is 0 Å². The minimum atomic E-state index is 0.0165. The minimum absolute atomic E-state index is 0.0165. The zero-order valence-electron chi connectivity index (χ0n) is 11.6. The smallest absolute Gasteiger partial charge is 0.161 e. The molecule has 0 fully saturated rings. The second-order valence-corrected chi connectivity index (χ2v) is 6.67. The summed E-state index contributed by atoms with van der Waals surface area (Å²) in [6, 6.07) is 4.29. The summed E-state index contributed by atoms with van der Waals surface area (Å²) in [5, 5.41) is 8.57. The van der Waals surface area contributed by atoms with Crippen molar-refractivity contribution < 1.29 is 0 Å². The summed E-state index contributed by atoms with van der Waals surface area (Å²) >= 11 is 0. The Morgan fingerprint density at radius 1 is 0.941 bits per heavy atom. The van der Waals surface area contributed by atoms with E-state index in [1.165, 1.54) is 5.56 Å². The lowest BCUT2D eigenvalue weighted by atomic mass is 9.88. The molecular formula is C14H21N3. The predicted octanol–water partition coefficient (Wildman–Crippen LogP) is 3.32. The topological polar surface area (TPSA) is 30.2 Å². The molecule has 0 aliphatic heterocycles. The molecule has 2 aromatic rings. The van der Waals surface area contributed by atoms with Crippen LogP contribution in [0.4, 0.5) is 0 Å². The molecular weight excluding hydrogens is 210 g/mol. The molecule has 0 spiro atoms. The highest BCUT2D eigenvalue weighted by atomic mass is 15.2. The third-order valence-corrected chi connectivity index (χ3v) is 2.95. The highest BCUT2D eigenvalue weighted by Gasteiger charge is 2.22. The van der Waals surface area contributed by atoms with Gasteiger partial charge in [-0.25, -0.2) is 0 Å². The molecule has 0 saturated carbocycles. The van der Waals surface area contributed by atoms with Crippen LogP contribution in [0.2, 0.25) is 0 Å². The third kappa shape index (κ3) is 2.19. The van der Waals surface area contributed by atoms with Gasteiger partial charge in [0.1, 0.15) is 5.82 Å². The number of hydrogen-bond donors (Lipinski definition) is 0. The first-order valence-corrected chi connectivity index (χ1v) is 6.05. The van der Waals surface area contributed by atoms with Gasteiger partial charge in [-0.2, -0.15) is 0 Å². The third-order valence-electron chi connectivity index (χ3n) is 2.95. The molecule has 2 heterocycles. The summed E-state index contributed by atoms with van der Waals surface area (Å²) < 4.78 is 2.08. The highest BCUT2D eigenvalue weighted by molar-refractivity contribution is 5.44. The standard InChI is InChI=1S/C14H21N3/c1-13(2,3)10-7-8-17-11(9-10)15-16-12(17)14(4,5)6/h7-9H,1-6H3. The van der Waals surface area contributed by atoms with Gasteiger partial charge in [-0.1, -0.05) is 41.5 Å². The molecule has 0 atom stereocenters. The molecule has 2 aromatic heterocycles. The van der Waals surface area contributed by atoms with Crippen molar-refractivity contribution in [2.45, 2.75) is 52.4 Å². The van der Waals surface area contributed by atoms with Crippen LogP contribution in [0, 0.1) is 0 Å². The van der Waals surface area contributed by atoms with Gasteiger partial charge in [-0.3, -0.25) is 4.40 Å². The first-order chi connectivity index (χ1) is 7.69. The fraction of sp³-hybridized carbons (Fsp3) is 0.571. The molecule has 17 heavy (non-hydrogen) atoms. The van der Waals surface area contributed by atoms with Crippen molar-refractivity contribution in [3.8, 4) is 0 Å². The van der Waals surface area contributed by atoms with E-state index in [-0.39, 0.29) is 10.8 Å². The van der Waals surface area contributed by atoms with Gasteiger partial charge in [0.15, 0.2) is 5.65 Å². The molecule has 0 bridgehead atoms. The molecule has 3 nitrogen and oxygen atoms in total. The van der Waals surface area contributed by atoms with Crippen LogP contribution in [0.25, 0.3) is 5.65 Å². The molecule has 0 saturated heterocycles. The van der Waals surface area contributed by atoms with Crippen molar-refractivity contribution in [1.29, 1.82) is 0 Å². The fourth-order valence-electron chi connectivity index (χ4n) is 1.87. The SMILES string of the molecule is CC(C)(C)c1ccn2c(C(C)(C)C)nnc2c1. The summed E-state index contributed by atoms with van der Waals surface area (Å²) in [7, 11) is 0. The second kappa shape index (κ2) is 3.56. The Hall–Kier alpha value is -1.38. The molecule has 0 unspecified atom stereocenters. The van der Waals surface area contributed by atoms with Crippen molar-refractivity contribution in [3.63, 3.8) is 0 Å². The van der Waals surface area contributed by atoms with E-state index in [4.69, 9.17) is 0 Å². The van der Waals surface area contributed by atoms with Crippen LogP contribution in [-0.4, -0.2) is 14.6 Å². The number of pyridine rings is 1. The molecule has 92 valence electrons. The van der Waals surface area contributed by atoms with Crippen LogP contribution < -0.4 is 0 Å². The number of hydrogen-bond acceptors (Lipinski definition) is 2. The van der Waals surface area contributed by atoms with Crippen molar-refractivity contribution in [1.82, 2.24) is 14.6 Å². The Balaban J connectivity index is 2.61. The van der Waals surface area contributed by atoms with E-state index in [9.17, 15) is 0 Å². The van der Waals surface area contributed by atoms with Gasteiger partial charge in [0, 0.05) is 11.6 Å². The second-order valence-electron chi connectivity index (χ2n) is 6.67. The quantitative estimate of drug-likeness (QED) is 0.696. The van der Waals surface area contributed by atoms with E-state index in [0.29, 0.717) is 0 Å². The first-order valence-electron chi connectivity index (χ1n) is 6.05. The van der Waals surface area contributed by atoms with Gasteiger partial charge in [0.2, 0.25) is 0 Å². The highest BCUT2D eigenvalue weighted by Crippen LogP contribution is 2.25. The molecule has 0 aliphatic carbocycles. The van der Waals surface area contributed by atoms with Crippen LogP contribution in [0.1, 0.15) is 52.9 Å². The van der Waals surface area contributed by atoms with Crippen molar-refractivity contribution in [3.05, 3.63) is 29.7 Å². The Kier molecular flexibility index (Phi) is 2.53. The first kappa shape index (κ1) is 12.1. The number of nitrogens with zero attached hydrogens (tertiary/aromatic N) is 3. The normalized spacial score (nSPS) is 13.3. The van der Waals surface area contributed by atoms with E-state index in [0.717, 1.165) is 11.5 Å². The minimum Gasteiger partial charge on any atom is -0.286 e. The van der Waals surface area contributed by atoms with Crippen LogP contribution in [0.3, 0.4) is 0 Å². The molecule has 0 amide bonds. The molecule has 0 aliphatic rings. The average Bonchev–Trinajstić information content (AvgIpc) is 2.57. The predicted molar refractivity (Wildman–Crippen MR) is 70.4 cm³/mol. The van der Waals surface area contributed by atoms with Crippen molar-refractivity contribution >= 4 is 5.65 Å². The van der Waals surface area contributed by atoms with Crippen molar-refractivity contribution in [2.24, 2.45) is 0 Å². The van der Waals surface area contributed by atoms with E-state index in [1.807, 2.05) is 0 Å². The number of fused-ring (bicyclic) bond motifs is 1. The lowest BCUT2D eigenvalue weighted by Gasteiger charge is -2.20. The summed E-state index contributed by atoms with van der Waals surface area (Å²) in [5.41, 5.74) is 2.39. The molecule has 0 aromatic carbocycles. The molecule has 0 radical (unpaired) electrons. The maximum absolute atomic E-state index is 4.30. The molecule has 3 heteroatoms. The van der Waals surface area contributed by atoms with E-state index >= 15 is 0 Å². The van der Waals surface area contributed by atoms with Crippen LogP contribution in [0.5, 0.6) is 0 Å². The molecule has 0 N–H and O–H groups in total. The maximum Gasteiger partial charge on any atom is 0.161 e. The van der Waals surface area contributed by atoms with E-state index in [1.54, 1.807) is 0 Å². The monoisotopic (exact) mass is 231 g/mol. The maximum atomic E-state index is 4.30. The van der Waals surface area contributed by atoms with Crippen molar-refractivity contribution in [2.75, 3.05) is 0 Å². The average molecular weight is 231 g/mol. The van der Waals surface area contributed by atoms with Gasteiger partial charge in [0.25, 0.3) is 0 Å². The molecule has 2 rings (SSSR count). The summed E-state index contributed by atoms with van der Waals surface area (Å²) in [5.74, 6) is 1.01. The lowest BCUT2D eigenvalue weighted by molar-refractivity contribution is 0.538. The fourth-order valence-corrected chi connectivity index (χ4v) is 1.87. The number of aromatic nitrogens is 3. The Morgan fingerprint density at radius 3 is 2.12 bits per heavy atom. The van der Waals surface area contributed by atoms with Gasteiger partial charge in [-0.05, 0) is 23.1 Å². The number of rotatable bonds is 0. The largest absolute Gasteiger partial charge is 0.286 e. The summed E-state index contributed by atoms with van der Waals surface area (Å²) in [4.78, 5) is 0. The van der Waals surface area contributed by atoms with Gasteiger partial charge in [0.05, 0.1) is 0 Å². The van der Waals surface area contributed by atoms with Gasteiger partial charge < -0.3 is 0 Å². The summed E-state index contributed by atoms with van der Waals surface area (Å²) in [6.07, 6.45) is 2.08. The lowest BCUT2D eigenvalue weighted by Crippen LogP contribution is -2.16. The van der Waals surface area contributed by atoms with E-state index < -0.39 is 0 Å². The van der Waals surface area contributed by atoms with E-state index in [2.05, 4.69) is 74.5 Å². The Bertz CT molecular complexity index is 539. The zero-order valence-corrected chi connectivity index (χ0v) is 11.6. The Morgan fingerprint density at radius 2 is 1.59 bits per heavy atom. The Labute approximate surface area is 103 Å². The van der Waals surface area contributed by atoms with Crippen LogP contribution in [0.15, 0.2) is 18.3 Å². The summed E-state index contributed by atoms with van der Waals surface area (Å²) in [6.45, 7) is 13.1.